The Morgan fingerprint density at radius 2 is 1.10 bits per heavy atom. The van der Waals surface area contributed by atoms with E-state index in [2.05, 4.69) is 72.9 Å². The van der Waals surface area contributed by atoms with Crippen molar-refractivity contribution in [2.24, 2.45) is 0 Å². The molecule has 6 atom stereocenters. The first-order chi connectivity index (χ1) is 34.2. The van der Waals surface area contributed by atoms with Crippen molar-refractivity contribution in [2.45, 2.75) is 243 Å². The summed E-state index contributed by atoms with van der Waals surface area (Å²) in [6, 6.07) is 30.1. The van der Waals surface area contributed by atoms with Gasteiger partial charge >= 0.3 is 11.9 Å². The van der Waals surface area contributed by atoms with Crippen molar-refractivity contribution in [1.82, 2.24) is 5.32 Å². The number of fused-ring (bicyclic) bond motifs is 1. The van der Waals surface area contributed by atoms with E-state index in [-0.39, 0.29) is 43.9 Å². The van der Waals surface area contributed by atoms with Crippen LogP contribution >= 0.6 is 0 Å². The van der Waals surface area contributed by atoms with E-state index in [1.807, 2.05) is 44.2 Å². The van der Waals surface area contributed by atoms with Gasteiger partial charge in [-0.1, -0.05) is 201 Å². The van der Waals surface area contributed by atoms with Crippen LogP contribution < -0.4 is 5.32 Å². The van der Waals surface area contributed by atoms with Crippen LogP contribution in [0.4, 0.5) is 0 Å². The number of hydrogen-bond donors (Lipinski definition) is 1. The van der Waals surface area contributed by atoms with E-state index < -0.39 is 42.5 Å². The number of nitrogens with one attached hydrogen (secondary N) is 1. The predicted octanol–water partition coefficient (Wildman–Crippen LogP) is 13.6. The molecule has 2 aliphatic heterocycles. The van der Waals surface area contributed by atoms with E-state index in [0.717, 1.165) is 95.5 Å². The van der Waals surface area contributed by atoms with E-state index in [1.165, 1.54) is 62.5 Å². The van der Waals surface area contributed by atoms with Crippen molar-refractivity contribution < 1.29 is 42.8 Å². The highest BCUT2D eigenvalue weighted by Gasteiger charge is 2.54. The summed E-state index contributed by atoms with van der Waals surface area (Å²) >= 11 is 0. The number of benzene rings is 3. The van der Waals surface area contributed by atoms with E-state index in [1.54, 1.807) is 0 Å². The Labute approximate surface area is 422 Å². The largest absolute Gasteiger partial charge is 0.462 e. The second-order valence-electron chi connectivity index (χ2n) is 20.3. The summed E-state index contributed by atoms with van der Waals surface area (Å²) in [7, 11) is 0. The van der Waals surface area contributed by atoms with Crippen molar-refractivity contribution in [3.05, 3.63) is 108 Å². The van der Waals surface area contributed by atoms with Crippen molar-refractivity contribution in [3.63, 3.8) is 0 Å². The zero-order valence-corrected chi connectivity index (χ0v) is 43.3. The topological polar surface area (TPSA) is 119 Å². The number of carbonyl (C=O) groups is 3. The lowest BCUT2D eigenvalue weighted by molar-refractivity contribution is -0.370. The molecule has 0 saturated carbocycles. The quantitative estimate of drug-likeness (QED) is 0.0449. The number of rotatable bonds is 36. The highest BCUT2D eigenvalue weighted by Crippen LogP contribution is 2.35. The molecule has 2 fully saturated rings. The molecule has 3 aromatic rings. The highest BCUT2D eigenvalue weighted by molar-refractivity contribution is 5.78. The summed E-state index contributed by atoms with van der Waals surface area (Å²) in [5, 5.41) is 3.18. The Morgan fingerprint density at radius 3 is 1.66 bits per heavy atom. The molecule has 0 aliphatic carbocycles. The van der Waals surface area contributed by atoms with E-state index >= 15 is 0 Å². The van der Waals surface area contributed by atoms with Crippen molar-refractivity contribution in [1.29, 1.82) is 0 Å². The van der Waals surface area contributed by atoms with Crippen LogP contribution in [0.3, 0.4) is 0 Å². The molecule has 2 heterocycles. The van der Waals surface area contributed by atoms with E-state index in [4.69, 9.17) is 28.4 Å². The molecule has 0 spiro atoms. The van der Waals surface area contributed by atoms with Gasteiger partial charge in [0, 0.05) is 12.8 Å². The van der Waals surface area contributed by atoms with Gasteiger partial charge in [-0.05, 0) is 81.9 Å². The molecule has 2 saturated heterocycles. The van der Waals surface area contributed by atoms with Crippen LogP contribution in [0, 0.1) is 0 Å². The SMILES string of the molecule is CCCCCCCCCCC[C@@H](CC(=O)N[C@H]1[C@H](OCc2ccccc2)O[C@@H]2COC(C)(C)O[C@H]2[C@@H]1OC(=O)CCCCCCCCc1ccccc1)OC(=O)CCCCCCCCc1ccccc1. The molecule has 1 amide bonds. The Kier molecular flexibility index (Phi) is 27.2. The number of amides is 1. The summed E-state index contributed by atoms with van der Waals surface area (Å²) in [5.74, 6) is -1.92. The standard InChI is InChI=1S/C60H89NO9/c1-4-5-6-7-8-9-10-17-31-42-51(67-54(63)43-32-18-13-11-15-23-34-48-36-25-20-26-37-48)45-53(62)61-56-58(69-55(64)44-33-19-14-12-16-24-35-49-38-27-21-28-39-49)57-52(47-66-60(2,3)70-57)68-59(56)65-46-50-40-29-22-30-41-50/h20-22,25-30,36-41,51-52,56-59H,4-19,23-24,31-35,42-47H2,1-3H3,(H,61,62)/t51-,52+,56+,57+,58+,59+/m0/s1. The number of carbonyl (C=O) groups excluding carboxylic acids is 3. The smallest absolute Gasteiger partial charge is 0.306 e. The van der Waals surface area contributed by atoms with E-state index in [0.29, 0.717) is 19.3 Å². The van der Waals surface area contributed by atoms with Gasteiger partial charge in [0.1, 0.15) is 24.4 Å². The first kappa shape index (κ1) is 56.8. The van der Waals surface area contributed by atoms with Gasteiger partial charge < -0.3 is 33.7 Å². The Hall–Kier alpha value is -4.09. The molecular weight excluding hydrogens is 879 g/mol. The third-order valence-electron chi connectivity index (χ3n) is 13.7. The summed E-state index contributed by atoms with van der Waals surface area (Å²) < 4.78 is 38.0. The van der Waals surface area contributed by atoms with Gasteiger partial charge in [0.25, 0.3) is 0 Å². The van der Waals surface area contributed by atoms with Crippen LogP contribution in [0.5, 0.6) is 0 Å². The fraction of sp³-hybridized carbons (Fsp3) is 0.650. The lowest BCUT2D eigenvalue weighted by Gasteiger charge is -2.50. The van der Waals surface area contributed by atoms with Crippen LogP contribution in [0.2, 0.25) is 0 Å². The van der Waals surface area contributed by atoms with Gasteiger partial charge in [-0.3, -0.25) is 14.4 Å². The lowest BCUT2D eigenvalue weighted by atomic mass is 9.94. The number of ether oxygens (including phenoxy) is 6. The van der Waals surface area contributed by atoms with Crippen LogP contribution in [-0.4, -0.2) is 67.0 Å². The molecule has 2 aliphatic rings. The molecule has 0 aromatic heterocycles. The molecule has 70 heavy (non-hydrogen) atoms. The minimum atomic E-state index is -0.982. The first-order valence-electron chi connectivity index (χ1n) is 27.6. The molecule has 388 valence electrons. The predicted molar refractivity (Wildman–Crippen MR) is 278 cm³/mol. The average Bonchev–Trinajstić information content (AvgIpc) is 3.36. The van der Waals surface area contributed by atoms with Gasteiger partial charge in [0.2, 0.25) is 5.91 Å². The fourth-order valence-electron chi connectivity index (χ4n) is 9.71. The van der Waals surface area contributed by atoms with Crippen LogP contribution in [-0.2, 0) is 62.3 Å². The minimum Gasteiger partial charge on any atom is -0.462 e. The number of esters is 2. The first-order valence-corrected chi connectivity index (χ1v) is 27.6. The zero-order chi connectivity index (χ0) is 49.5. The number of unbranched alkanes of at least 4 members (excludes halogenated alkanes) is 18. The lowest BCUT2D eigenvalue weighted by Crippen LogP contribution is -2.69. The summed E-state index contributed by atoms with van der Waals surface area (Å²) in [6.45, 7) is 6.30. The third kappa shape index (κ3) is 23.0. The second-order valence-corrected chi connectivity index (χ2v) is 20.3. The molecule has 3 aromatic carbocycles. The molecule has 0 radical (unpaired) electrons. The molecular formula is C60H89NO9. The number of hydrogen-bond acceptors (Lipinski definition) is 9. The molecule has 0 unspecified atom stereocenters. The second kappa shape index (κ2) is 33.5. The van der Waals surface area contributed by atoms with Crippen molar-refractivity contribution in [2.75, 3.05) is 6.61 Å². The van der Waals surface area contributed by atoms with Gasteiger partial charge in [0.05, 0.1) is 19.6 Å². The van der Waals surface area contributed by atoms with Crippen molar-refractivity contribution in [3.8, 4) is 0 Å². The fourth-order valence-corrected chi connectivity index (χ4v) is 9.71. The Morgan fingerprint density at radius 1 is 0.614 bits per heavy atom. The molecule has 10 nitrogen and oxygen atoms in total. The molecule has 1 N–H and O–H groups in total. The number of aryl methyl sites for hydroxylation is 2. The molecule has 5 rings (SSSR count). The van der Waals surface area contributed by atoms with Gasteiger partial charge in [-0.2, -0.15) is 0 Å². The average molecular weight is 968 g/mol. The summed E-state index contributed by atoms with van der Waals surface area (Å²) in [6.07, 6.45) is 22.4. The summed E-state index contributed by atoms with van der Waals surface area (Å²) in [4.78, 5) is 41.5. The minimum absolute atomic E-state index is 0.0261. The maximum atomic E-state index is 14.4. The van der Waals surface area contributed by atoms with Crippen molar-refractivity contribution >= 4 is 17.8 Å². The molecule has 10 heteroatoms. The third-order valence-corrected chi connectivity index (χ3v) is 13.7. The van der Waals surface area contributed by atoms with Crippen LogP contribution in [0.1, 0.15) is 198 Å². The van der Waals surface area contributed by atoms with E-state index in [9.17, 15) is 14.4 Å². The Bertz CT molecular complexity index is 1840. The maximum absolute atomic E-state index is 14.4. The maximum Gasteiger partial charge on any atom is 0.306 e. The zero-order valence-electron chi connectivity index (χ0n) is 43.3. The van der Waals surface area contributed by atoms with Gasteiger partial charge in [-0.25, -0.2) is 0 Å². The Balaban J connectivity index is 1.19. The normalized spacial score (nSPS) is 20.0. The molecule has 0 bridgehead atoms. The van der Waals surface area contributed by atoms with Crippen LogP contribution in [0.15, 0.2) is 91.0 Å². The van der Waals surface area contributed by atoms with Gasteiger partial charge in [-0.15, -0.1) is 0 Å². The highest BCUT2D eigenvalue weighted by atomic mass is 16.8. The summed E-state index contributed by atoms with van der Waals surface area (Å²) in [5.41, 5.74) is 3.68. The van der Waals surface area contributed by atoms with Gasteiger partial charge in [0.15, 0.2) is 18.2 Å². The monoisotopic (exact) mass is 968 g/mol. The van der Waals surface area contributed by atoms with Crippen LogP contribution in [0.25, 0.3) is 0 Å².